The smallest absolute Gasteiger partial charge is 0.271 e. The summed E-state index contributed by atoms with van der Waals surface area (Å²) in [5.74, 6) is -0.527. The molecule has 0 fully saturated rings. The average molecular weight is 500 g/mol. The molecule has 0 aliphatic carbocycles. The molecule has 2 N–H and O–H groups in total. The highest BCUT2D eigenvalue weighted by atomic mass is 32.2. The highest BCUT2D eigenvalue weighted by Gasteiger charge is 2.18. The van der Waals surface area contributed by atoms with Gasteiger partial charge in [-0.05, 0) is 54.1 Å². The highest BCUT2D eigenvalue weighted by molar-refractivity contribution is 7.90. The van der Waals surface area contributed by atoms with Crippen molar-refractivity contribution in [2.24, 2.45) is 0 Å². The fourth-order valence-corrected chi connectivity index (χ4v) is 4.78. The predicted octanol–water partition coefficient (Wildman–Crippen LogP) is 3.77. The normalized spacial score (nSPS) is 12.4. The van der Waals surface area contributed by atoms with E-state index in [0.717, 1.165) is 18.0 Å². The summed E-state index contributed by atoms with van der Waals surface area (Å²) in [6.45, 7) is 2.18. The third-order valence-electron chi connectivity index (χ3n) is 5.14. The molecule has 11 heteroatoms. The van der Waals surface area contributed by atoms with E-state index in [1.807, 2.05) is 12.3 Å². The molecule has 176 valence electrons. The molecule has 1 amide bonds. The zero-order valence-corrected chi connectivity index (χ0v) is 20.1. The lowest BCUT2D eigenvalue weighted by atomic mass is 10.1. The number of nitrogens with one attached hydrogen (secondary N) is 2. The molecule has 0 aliphatic rings. The maximum atomic E-state index is 13.5. The van der Waals surface area contributed by atoms with Crippen LogP contribution in [0.3, 0.4) is 0 Å². The van der Waals surface area contributed by atoms with Gasteiger partial charge >= 0.3 is 0 Å². The van der Waals surface area contributed by atoms with Gasteiger partial charge in [0.05, 0.1) is 27.4 Å². The third-order valence-corrected chi connectivity index (χ3v) is 7.18. The van der Waals surface area contributed by atoms with Crippen molar-refractivity contribution in [1.82, 2.24) is 20.3 Å². The second-order valence-electron chi connectivity index (χ2n) is 7.76. The molecule has 0 aliphatic heterocycles. The summed E-state index contributed by atoms with van der Waals surface area (Å²) < 4.78 is 37.4. The molecule has 0 spiro atoms. The van der Waals surface area contributed by atoms with Crippen LogP contribution in [0.1, 0.15) is 34.6 Å². The maximum Gasteiger partial charge on any atom is 0.271 e. The molecule has 0 saturated heterocycles. The van der Waals surface area contributed by atoms with E-state index in [9.17, 15) is 17.6 Å². The molecule has 4 rings (SSSR count). The Kier molecular flexibility index (Phi) is 6.85. The van der Waals surface area contributed by atoms with Gasteiger partial charge in [-0.25, -0.2) is 22.8 Å². The lowest BCUT2D eigenvalue weighted by Crippen LogP contribution is -2.27. The Morgan fingerprint density at radius 3 is 2.62 bits per heavy atom. The molecular formula is C23H22FN5O3S2. The van der Waals surface area contributed by atoms with Crippen LogP contribution in [-0.2, 0) is 16.3 Å². The van der Waals surface area contributed by atoms with E-state index < -0.39 is 15.7 Å². The first kappa shape index (κ1) is 23.7. The number of rotatable bonds is 8. The number of hydrogen-bond donors (Lipinski definition) is 2. The Morgan fingerprint density at radius 1 is 1.15 bits per heavy atom. The van der Waals surface area contributed by atoms with Crippen molar-refractivity contribution in [3.8, 4) is 0 Å². The second-order valence-corrected chi connectivity index (χ2v) is 10.7. The number of pyridine rings is 1. The van der Waals surface area contributed by atoms with Crippen LogP contribution in [0.25, 0.3) is 10.2 Å². The van der Waals surface area contributed by atoms with Gasteiger partial charge in [-0.3, -0.25) is 9.78 Å². The Bertz CT molecular complexity index is 1440. The van der Waals surface area contributed by atoms with Gasteiger partial charge in [0, 0.05) is 19.0 Å². The third kappa shape index (κ3) is 5.54. The molecular weight excluding hydrogens is 477 g/mol. The monoisotopic (exact) mass is 499 g/mol. The van der Waals surface area contributed by atoms with Gasteiger partial charge in [0.15, 0.2) is 15.5 Å². The van der Waals surface area contributed by atoms with E-state index >= 15 is 0 Å². The molecule has 1 atom stereocenters. The van der Waals surface area contributed by atoms with Crippen molar-refractivity contribution < 1.29 is 17.6 Å². The number of halogens is 1. The molecule has 0 radical (unpaired) electrons. The predicted molar refractivity (Wildman–Crippen MR) is 129 cm³/mol. The quantitative estimate of drug-likeness (QED) is 0.379. The summed E-state index contributed by atoms with van der Waals surface area (Å²) in [4.78, 5) is 25.9. The fourth-order valence-electron chi connectivity index (χ4n) is 3.33. The van der Waals surface area contributed by atoms with E-state index in [4.69, 9.17) is 0 Å². The number of hydrogen-bond acceptors (Lipinski definition) is 8. The van der Waals surface area contributed by atoms with E-state index in [0.29, 0.717) is 28.7 Å². The molecule has 1 unspecified atom stereocenters. The van der Waals surface area contributed by atoms with Crippen LogP contribution < -0.4 is 10.6 Å². The summed E-state index contributed by atoms with van der Waals surface area (Å²) in [6.07, 6.45) is 4.38. The number of thiophene rings is 1. The Hall–Kier alpha value is -3.44. The highest BCUT2D eigenvalue weighted by Crippen LogP contribution is 2.25. The lowest BCUT2D eigenvalue weighted by Gasteiger charge is -2.15. The SMILES string of the molecule is CC(Nc1nc(C(=O)NCCc2ccc(S(C)(=O)=O)cc2)c2sccc2n1)c1cncc(F)c1. The number of carbonyl (C=O) groups is 1. The van der Waals surface area contributed by atoms with Crippen molar-refractivity contribution >= 4 is 43.2 Å². The Balaban J connectivity index is 1.46. The number of nitrogens with zero attached hydrogens (tertiary/aromatic N) is 3. The molecule has 3 aromatic heterocycles. The number of aromatic nitrogens is 3. The first-order valence-corrected chi connectivity index (χ1v) is 13.2. The molecule has 3 heterocycles. The standard InChI is InChI=1S/C23H22FN5O3S2/c1-14(16-11-17(24)13-25-12-16)27-23-28-19-8-10-33-21(19)20(29-23)22(30)26-9-7-15-3-5-18(6-4-15)34(2,31)32/h3-6,8,10-14H,7,9H2,1-2H3,(H,26,30)(H,27,28,29). The summed E-state index contributed by atoms with van der Waals surface area (Å²) in [5.41, 5.74) is 2.41. The number of sulfone groups is 1. The van der Waals surface area contributed by atoms with Gasteiger partial charge in [0.2, 0.25) is 5.95 Å². The Labute approximate surface area is 200 Å². The summed E-state index contributed by atoms with van der Waals surface area (Å²) in [7, 11) is -3.25. The van der Waals surface area contributed by atoms with Crippen LogP contribution in [0.4, 0.5) is 10.3 Å². The van der Waals surface area contributed by atoms with Crippen molar-refractivity contribution in [2.45, 2.75) is 24.3 Å². The van der Waals surface area contributed by atoms with Crippen molar-refractivity contribution in [3.05, 3.63) is 76.8 Å². The van der Waals surface area contributed by atoms with E-state index in [1.165, 1.54) is 17.4 Å². The zero-order chi connectivity index (χ0) is 24.3. The minimum atomic E-state index is -3.25. The molecule has 8 nitrogen and oxygen atoms in total. The molecule has 0 saturated carbocycles. The lowest BCUT2D eigenvalue weighted by molar-refractivity contribution is 0.0951. The van der Waals surface area contributed by atoms with Gasteiger partial charge in [-0.1, -0.05) is 12.1 Å². The first-order valence-electron chi connectivity index (χ1n) is 10.4. The molecule has 0 bridgehead atoms. The van der Waals surface area contributed by atoms with Crippen LogP contribution in [0, 0.1) is 5.82 Å². The van der Waals surface area contributed by atoms with Gasteiger partial charge in [-0.2, -0.15) is 0 Å². The number of benzene rings is 1. The van der Waals surface area contributed by atoms with Crippen LogP contribution in [0.15, 0.2) is 59.1 Å². The van der Waals surface area contributed by atoms with Gasteiger partial charge < -0.3 is 10.6 Å². The van der Waals surface area contributed by atoms with Crippen molar-refractivity contribution in [2.75, 3.05) is 18.1 Å². The van der Waals surface area contributed by atoms with E-state index in [-0.39, 0.29) is 28.5 Å². The van der Waals surface area contributed by atoms with Crippen LogP contribution in [0.2, 0.25) is 0 Å². The Morgan fingerprint density at radius 2 is 1.91 bits per heavy atom. The van der Waals surface area contributed by atoms with Crippen molar-refractivity contribution in [1.29, 1.82) is 0 Å². The van der Waals surface area contributed by atoms with Crippen LogP contribution in [-0.4, -0.2) is 42.1 Å². The molecule has 4 aromatic rings. The van der Waals surface area contributed by atoms with Crippen LogP contribution >= 0.6 is 11.3 Å². The molecule has 1 aromatic carbocycles. The summed E-state index contributed by atoms with van der Waals surface area (Å²) in [5, 5.41) is 7.81. The maximum absolute atomic E-state index is 13.5. The van der Waals surface area contributed by atoms with Gasteiger partial charge in [0.25, 0.3) is 5.91 Å². The van der Waals surface area contributed by atoms with Crippen molar-refractivity contribution in [3.63, 3.8) is 0 Å². The number of carbonyl (C=O) groups excluding carboxylic acids is 1. The number of fused-ring (bicyclic) bond motifs is 1. The summed E-state index contributed by atoms with van der Waals surface area (Å²) in [6, 6.07) is 9.43. The van der Waals surface area contributed by atoms with Gasteiger partial charge in [-0.15, -0.1) is 11.3 Å². The zero-order valence-electron chi connectivity index (χ0n) is 18.4. The largest absolute Gasteiger partial charge is 0.350 e. The number of anilines is 1. The van der Waals surface area contributed by atoms with Crippen LogP contribution in [0.5, 0.6) is 0 Å². The number of amides is 1. The first-order chi connectivity index (χ1) is 16.2. The average Bonchev–Trinajstić information content (AvgIpc) is 3.27. The minimum Gasteiger partial charge on any atom is -0.350 e. The fraction of sp³-hybridized carbons (Fsp3) is 0.217. The molecule has 34 heavy (non-hydrogen) atoms. The van der Waals surface area contributed by atoms with Gasteiger partial charge in [0.1, 0.15) is 5.82 Å². The topological polar surface area (TPSA) is 114 Å². The van der Waals surface area contributed by atoms with E-state index in [2.05, 4.69) is 25.6 Å². The minimum absolute atomic E-state index is 0.250. The van der Waals surface area contributed by atoms with E-state index in [1.54, 1.807) is 36.5 Å². The second kappa shape index (κ2) is 9.82. The summed E-state index contributed by atoms with van der Waals surface area (Å²) >= 11 is 1.37.